The molecule has 0 spiro atoms. The fraction of sp³-hybridized carbons (Fsp3) is 0.235. The van der Waals surface area contributed by atoms with Crippen molar-refractivity contribution in [2.24, 2.45) is 0 Å². The first kappa shape index (κ1) is 16.5. The van der Waals surface area contributed by atoms with Crippen LogP contribution in [0.1, 0.15) is 32.1 Å². The number of hydrogen-bond acceptors (Lipinski definition) is 6. The largest absolute Gasteiger partial charge is 0.465 e. The van der Waals surface area contributed by atoms with E-state index in [9.17, 15) is 9.59 Å². The van der Waals surface area contributed by atoms with Gasteiger partial charge in [0.15, 0.2) is 0 Å². The van der Waals surface area contributed by atoms with Gasteiger partial charge in [-0.25, -0.2) is 9.59 Å². The number of aromatic nitrogens is 1. The maximum absolute atomic E-state index is 12.2. The Morgan fingerprint density at radius 1 is 0.913 bits per heavy atom. The standard InChI is InChI=1S/C17H18N2O4/c1-9-13(16(20)22-3)15(11-5-7-12(18)8-6-11)14(10(2)19-9)17(21)23-4/h5-8H,18H2,1-4H3. The second kappa shape index (κ2) is 6.48. The second-order valence-corrected chi connectivity index (χ2v) is 5.01. The first-order valence-electron chi connectivity index (χ1n) is 6.94. The predicted octanol–water partition coefficient (Wildman–Crippen LogP) is 2.52. The van der Waals surface area contributed by atoms with Crippen LogP contribution in [0.3, 0.4) is 0 Å². The number of nitrogens with two attached hydrogens (primary N) is 1. The van der Waals surface area contributed by atoms with Crippen LogP contribution < -0.4 is 5.73 Å². The summed E-state index contributed by atoms with van der Waals surface area (Å²) in [5, 5.41) is 0. The Balaban J connectivity index is 2.90. The highest BCUT2D eigenvalue weighted by atomic mass is 16.5. The Morgan fingerprint density at radius 2 is 1.35 bits per heavy atom. The number of nitrogens with zero attached hydrogens (tertiary/aromatic N) is 1. The first-order chi connectivity index (χ1) is 10.9. The molecule has 0 saturated carbocycles. The third-order valence-corrected chi connectivity index (χ3v) is 3.54. The molecule has 2 rings (SSSR count). The van der Waals surface area contributed by atoms with E-state index >= 15 is 0 Å². The number of ether oxygens (including phenoxy) is 2. The quantitative estimate of drug-likeness (QED) is 0.691. The fourth-order valence-electron chi connectivity index (χ4n) is 2.49. The number of carbonyl (C=O) groups is 2. The predicted molar refractivity (Wildman–Crippen MR) is 86.2 cm³/mol. The number of anilines is 1. The summed E-state index contributed by atoms with van der Waals surface area (Å²) in [5.74, 6) is -1.13. The molecule has 23 heavy (non-hydrogen) atoms. The Labute approximate surface area is 134 Å². The summed E-state index contributed by atoms with van der Waals surface area (Å²) in [6.45, 7) is 3.39. The van der Waals surface area contributed by atoms with Crippen molar-refractivity contribution in [3.63, 3.8) is 0 Å². The minimum Gasteiger partial charge on any atom is -0.465 e. The zero-order valence-corrected chi connectivity index (χ0v) is 13.5. The number of aryl methyl sites for hydroxylation is 2. The molecule has 0 saturated heterocycles. The summed E-state index contributed by atoms with van der Waals surface area (Å²) in [7, 11) is 2.57. The van der Waals surface area contributed by atoms with Crippen molar-refractivity contribution >= 4 is 17.6 Å². The van der Waals surface area contributed by atoms with Crippen molar-refractivity contribution in [3.05, 3.63) is 46.8 Å². The second-order valence-electron chi connectivity index (χ2n) is 5.01. The van der Waals surface area contributed by atoms with E-state index in [1.54, 1.807) is 38.1 Å². The van der Waals surface area contributed by atoms with Gasteiger partial charge in [0.05, 0.1) is 36.7 Å². The van der Waals surface area contributed by atoms with Crippen LogP contribution in [0.4, 0.5) is 5.69 Å². The lowest BCUT2D eigenvalue weighted by Gasteiger charge is -2.17. The number of methoxy groups -OCH3 is 2. The molecule has 6 nitrogen and oxygen atoms in total. The third kappa shape index (κ3) is 3.01. The van der Waals surface area contributed by atoms with Gasteiger partial charge in [0.1, 0.15) is 0 Å². The van der Waals surface area contributed by atoms with Gasteiger partial charge in [0.2, 0.25) is 0 Å². The van der Waals surface area contributed by atoms with Crippen LogP contribution in [0.15, 0.2) is 24.3 Å². The highest BCUT2D eigenvalue weighted by Crippen LogP contribution is 2.32. The molecule has 1 aromatic carbocycles. The molecule has 0 unspecified atom stereocenters. The van der Waals surface area contributed by atoms with Gasteiger partial charge >= 0.3 is 11.9 Å². The molecule has 0 aliphatic heterocycles. The summed E-state index contributed by atoms with van der Waals surface area (Å²) >= 11 is 0. The van der Waals surface area contributed by atoms with E-state index in [0.717, 1.165) is 0 Å². The third-order valence-electron chi connectivity index (χ3n) is 3.54. The van der Waals surface area contributed by atoms with Gasteiger partial charge in [0.25, 0.3) is 0 Å². The normalized spacial score (nSPS) is 10.3. The molecule has 0 aliphatic rings. The molecule has 1 aromatic heterocycles. The maximum Gasteiger partial charge on any atom is 0.340 e. The fourth-order valence-corrected chi connectivity index (χ4v) is 2.49. The van der Waals surface area contributed by atoms with Crippen molar-refractivity contribution in [1.29, 1.82) is 0 Å². The molecule has 0 amide bonds. The molecular formula is C17H18N2O4. The number of benzene rings is 1. The van der Waals surface area contributed by atoms with Crippen LogP contribution in [-0.4, -0.2) is 31.1 Å². The summed E-state index contributed by atoms with van der Waals surface area (Å²) in [6.07, 6.45) is 0. The highest BCUT2D eigenvalue weighted by molar-refractivity contribution is 6.07. The Bertz CT molecular complexity index is 727. The SMILES string of the molecule is COC(=O)c1c(C)nc(C)c(C(=O)OC)c1-c1ccc(N)cc1. The molecule has 0 bridgehead atoms. The van der Waals surface area contributed by atoms with Crippen molar-refractivity contribution in [2.45, 2.75) is 13.8 Å². The van der Waals surface area contributed by atoms with Crippen molar-refractivity contribution in [1.82, 2.24) is 4.98 Å². The van der Waals surface area contributed by atoms with E-state index in [4.69, 9.17) is 15.2 Å². The van der Waals surface area contributed by atoms with Crippen LogP contribution in [0.25, 0.3) is 11.1 Å². The number of hydrogen-bond donors (Lipinski definition) is 1. The van der Waals surface area contributed by atoms with E-state index in [1.165, 1.54) is 14.2 Å². The monoisotopic (exact) mass is 314 g/mol. The van der Waals surface area contributed by atoms with Gasteiger partial charge in [-0.05, 0) is 31.5 Å². The lowest BCUT2D eigenvalue weighted by atomic mass is 9.92. The van der Waals surface area contributed by atoms with E-state index in [-0.39, 0.29) is 11.1 Å². The van der Waals surface area contributed by atoms with E-state index in [1.807, 2.05) is 0 Å². The van der Waals surface area contributed by atoms with Crippen LogP contribution in [0.2, 0.25) is 0 Å². The van der Waals surface area contributed by atoms with Gasteiger partial charge in [-0.15, -0.1) is 0 Å². The smallest absolute Gasteiger partial charge is 0.340 e. The van der Waals surface area contributed by atoms with Crippen LogP contribution in [-0.2, 0) is 9.47 Å². The topological polar surface area (TPSA) is 91.5 Å². The molecule has 0 atom stereocenters. The maximum atomic E-state index is 12.2. The lowest BCUT2D eigenvalue weighted by molar-refractivity contribution is 0.0599. The van der Waals surface area contributed by atoms with Gasteiger partial charge in [-0.2, -0.15) is 0 Å². The Hall–Kier alpha value is -2.89. The minimum absolute atomic E-state index is 0.239. The number of pyridine rings is 1. The minimum atomic E-state index is -0.563. The first-order valence-corrected chi connectivity index (χ1v) is 6.94. The van der Waals surface area contributed by atoms with Crippen LogP contribution >= 0.6 is 0 Å². The van der Waals surface area contributed by atoms with E-state index < -0.39 is 11.9 Å². The highest BCUT2D eigenvalue weighted by Gasteiger charge is 2.27. The number of rotatable bonds is 3. The number of nitrogen functional groups attached to an aromatic ring is 1. The molecule has 6 heteroatoms. The lowest BCUT2D eigenvalue weighted by Crippen LogP contribution is -2.16. The van der Waals surface area contributed by atoms with Gasteiger partial charge in [-0.1, -0.05) is 12.1 Å². The molecule has 2 N–H and O–H groups in total. The summed E-state index contributed by atoms with van der Waals surface area (Å²) < 4.78 is 9.71. The summed E-state index contributed by atoms with van der Waals surface area (Å²) in [5.41, 5.74) is 8.83. The molecule has 1 heterocycles. The molecular weight excluding hydrogens is 296 g/mol. The number of carbonyl (C=O) groups excluding carboxylic acids is 2. The van der Waals surface area contributed by atoms with E-state index in [0.29, 0.717) is 28.2 Å². The zero-order chi connectivity index (χ0) is 17.1. The average molecular weight is 314 g/mol. The van der Waals surface area contributed by atoms with Crippen molar-refractivity contribution in [3.8, 4) is 11.1 Å². The van der Waals surface area contributed by atoms with Gasteiger partial charge in [0, 0.05) is 11.3 Å². The molecule has 2 aromatic rings. The summed E-state index contributed by atoms with van der Waals surface area (Å²) in [6, 6.07) is 6.87. The molecule has 0 fully saturated rings. The molecule has 120 valence electrons. The van der Waals surface area contributed by atoms with Crippen molar-refractivity contribution < 1.29 is 19.1 Å². The van der Waals surface area contributed by atoms with E-state index in [2.05, 4.69) is 4.98 Å². The summed E-state index contributed by atoms with van der Waals surface area (Å²) in [4.78, 5) is 28.8. The van der Waals surface area contributed by atoms with Crippen LogP contribution in [0.5, 0.6) is 0 Å². The van der Waals surface area contributed by atoms with Gasteiger partial charge in [-0.3, -0.25) is 4.98 Å². The Kier molecular flexibility index (Phi) is 4.64. The molecule has 0 aliphatic carbocycles. The molecule has 0 radical (unpaired) electrons. The van der Waals surface area contributed by atoms with Crippen LogP contribution in [0, 0.1) is 13.8 Å². The van der Waals surface area contributed by atoms with Gasteiger partial charge < -0.3 is 15.2 Å². The Morgan fingerprint density at radius 3 is 1.74 bits per heavy atom. The average Bonchev–Trinajstić information content (AvgIpc) is 2.53. The number of esters is 2. The van der Waals surface area contributed by atoms with Crippen molar-refractivity contribution in [2.75, 3.05) is 20.0 Å². The zero-order valence-electron chi connectivity index (χ0n) is 13.5.